The Labute approximate surface area is 147 Å². The summed E-state index contributed by atoms with van der Waals surface area (Å²) in [7, 11) is 0. The quantitative estimate of drug-likeness (QED) is 0.875. The zero-order chi connectivity index (χ0) is 17.4. The van der Waals surface area contributed by atoms with Gasteiger partial charge in [0, 0.05) is 24.2 Å². The number of aryl methyl sites for hydroxylation is 2. The molecule has 1 aliphatic heterocycles. The van der Waals surface area contributed by atoms with E-state index in [4.69, 9.17) is 4.42 Å². The van der Waals surface area contributed by atoms with Gasteiger partial charge in [0.25, 0.3) is 0 Å². The van der Waals surface area contributed by atoms with E-state index < -0.39 is 5.92 Å². The average molecular weight is 338 g/mol. The average Bonchev–Trinajstić information content (AvgIpc) is 3.23. The predicted octanol–water partition coefficient (Wildman–Crippen LogP) is 3.13. The summed E-state index contributed by atoms with van der Waals surface area (Å²) >= 11 is 0. The fourth-order valence-electron chi connectivity index (χ4n) is 3.81. The number of benzene rings is 1. The molecule has 25 heavy (non-hydrogen) atoms. The van der Waals surface area contributed by atoms with Crippen molar-refractivity contribution in [2.75, 3.05) is 11.4 Å². The number of anilines is 1. The molecular formula is C20H22N2O3. The summed E-state index contributed by atoms with van der Waals surface area (Å²) in [5.74, 6) is 0.0809. The molecule has 1 fully saturated rings. The number of hydrogen-bond acceptors (Lipinski definition) is 3. The van der Waals surface area contributed by atoms with E-state index in [1.54, 1.807) is 11.2 Å². The SMILES string of the molecule is Cc1ccc(N2CC[C@H](C(=O)N[C@@H]3CCCc4occc43)C2=O)cc1. The second-order valence-electron chi connectivity index (χ2n) is 6.92. The first-order valence-electron chi connectivity index (χ1n) is 8.88. The molecule has 5 heteroatoms. The number of fused-ring (bicyclic) bond motifs is 1. The lowest BCUT2D eigenvalue weighted by Crippen LogP contribution is -2.39. The molecule has 2 heterocycles. The maximum atomic E-state index is 12.7. The molecule has 1 N–H and O–H groups in total. The van der Waals surface area contributed by atoms with Gasteiger partial charge in [-0.2, -0.15) is 0 Å². The molecule has 2 atom stereocenters. The van der Waals surface area contributed by atoms with Gasteiger partial charge in [0.15, 0.2) is 0 Å². The minimum Gasteiger partial charge on any atom is -0.469 e. The second-order valence-corrected chi connectivity index (χ2v) is 6.92. The first-order chi connectivity index (χ1) is 12.1. The van der Waals surface area contributed by atoms with E-state index >= 15 is 0 Å². The van der Waals surface area contributed by atoms with Gasteiger partial charge in [0.05, 0.1) is 12.3 Å². The first kappa shape index (κ1) is 15.9. The second kappa shape index (κ2) is 6.39. The van der Waals surface area contributed by atoms with E-state index in [-0.39, 0.29) is 17.9 Å². The summed E-state index contributed by atoms with van der Waals surface area (Å²) in [6.07, 6.45) is 5.02. The third-order valence-corrected chi connectivity index (χ3v) is 5.24. The van der Waals surface area contributed by atoms with Gasteiger partial charge in [-0.05, 0) is 44.4 Å². The standard InChI is InChI=1S/C20H22N2O3/c1-13-5-7-14(8-6-13)22-11-9-16(20(22)24)19(23)21-17-3-2-4-18-15(17)10-12-25-18/h5-8,10,12,16-17H,2-4,9,11H2,1H3,(H,21,23)/t16-,17-/m1/s1. The number of carbonyl (C=O) groups is 2. The van der Waals surface area contributed by atoms with Crippen molar-refractivity contribution in [2.45, 2.75) is 38.6 Å². The van der Waals surface area contributed by atoms with Crippen molar-refractivity contribution >= 4 is 17.5 Å². The zero-order valence-corrected chi connectivity index (χ0v) is 14.3. The Morgan fingerprint density at radius 3 is 2.80 bits per heavy atom. The van der Waals surface area contributed by atoms with Gasteiger partial charge in [0.1, 0.15) is 11.7 Å². The van der Waals surface area contributed by atoms with E-state index in [1.165, 1.54) is 0 Å². The van der Waals surface area contributed by atoms with E-state index in [1.807, 2.05) is 37.3 Å². The highest BCUT2D eigenvalue weighted by molar-refractivity contribution is 6.09. The van der Waals surface area contributed by atoms with E-state index in [0.29, 0.717) is 13.0 Å². The van der Waals surface area contributed by atoms with Crippen molar-refractivity contribution in [2.24, 2.45) is 5.92 Å². The van der Waals surface area contributed by atoms with Crippen molar-refractivity contribution < 1.29 is 14.0 Å². The van der Waals surface area contributed by atoms with Gasteiger partial charge in [-0.3, -0.25) is 9.59 Å². The van der Waals surface area contributed by atoms with Crippen molar-refractivity contribution in [3.8, 4) is 0 Å². The monoisotopic (exact) mass is 338 g/mol. The van der Waals surface area contributed by atoms with Crippen LogP contribution in [0.2, 0.25) is 0 Å². The lowest BCUT2D eigenvalue weighted by molar-refractivity contribution is -0.132. The fraction of sp³-hybridized carbons (Fsp3) is 0.400. The minimum atomic E-state index is -0.599. The Bertz CT molecular complexity index is 794. The maximum absolute atomic E-state index is 12.7. The number of carbonyl (C=O) groups excluding carboxylic acids is 2. The van der Waals surface area contributed by atoms with Crippen molar-refractivity contribution in [1.82, 2.24) is 5.32 Å². The Morgan fingerprint density at radius 1 is 1.20 bits per heavy atom. The van der Waals surface area contributed by atoms with Crippen LogP contribution in [-0.4, -0.2) is 18.4 Å². The molecule has 4 rings (SSSR count). The molecule has 0 bridgehead atoms. The molecule has 2 aliphatic rings. The molecule has 0 saturated carbocycles. The molecular weight excluding hydrogens is 316 g/mol. The number of nitrogens with zero attached hydrogens (tertiary/aromatic N) is 1. The largest absolute Gasteiger partial charge is 0.469 e. The smallest absolute Gasteiger partial charge is 0.239 e. The van der Waals surface area contributed by atoms with Gasteiger partial charge in [-0.15, -0.1) is 0 Å². The van der Waals surface area contributed by atoms with Crippen LogP contribution in [0, 0.1) is 12.8 Å². The highest BCUT2D eigenvalue weighted by atomic mass is 16.3. The molecule has 0 spiro atoms. The van der Waals surface area contributed by atoms with Crippen LogP contribution in [0.25, 0.3) is 0 Å². The number of nitrogens with one attached hydrogen (secondary N) is 1. The van der Waals surface area contributed by atoms with Gasteiger partial charge < -0.3 is 14.6 Å². The topological polar surface area (TPSA) is 62.6 Å². The van der Waals surface area contributed by atoms with Crippen LogP contribution < -0.4 is 10.2 Å². The lowest BCUT2D eigenvalue weighted by atomic mass is 9.93. The molecule has 1 aliphatic carbocycles. The van der Waals surface area contributed by atoms with Crippen molar-refractivity contribution in [3.05, 3.63) is 53.5 Å². The van der Waals surface area contributed by atoms with E-state index in [2.05, 4.69) is 5.32 Å². The third-order valence-electron chi connectivity index (χ3n) is 5.24. The van der Waals surface area contributed by atoms with Crippen LogP contribution in [0.5, 0.6) is 0 Å². The molecule has 2 amide bonds. The number of hydrogen-bond donors (Lipinski definition) is 1. The number of rotatable bonds is 3. The highest BCUT2D eigenvalue weighted by Gasteiger charge is 2.38. The maximum Gasteiger partial charge on any atom is 0.239 e. The summed E-state index contributed by atoms with van der Waals surface area (Å²) in [5.41, 5.74) is 3.07. The summed E-state index contributed by atoms with van der Waals surface area (Å²) < 4.78 is 5.47. The van der Waals surface area contributed by atoms with Gasteiger partial charge in [-0.1, -0.05) is 17.7 Å². The minimum absolute atomic E-state index is 0.0452. The third kappa shape index (κ3) is 2.95. The van der Waals surface area contributed by atoms with Crippen LogP contribution in [0.3, 0.4) is 0 Å². The number of amides is 2. The van der Waals surface area contributed by atoms with Crippen LogP contribution in [0.4, 0.5) is 5.69 Å². The Morgan fingerprint density at radius 2 is 2.00 bits per heavy atom. The van der Waals surface area contributed by atoms with Crippen LogP contribution in [-0.2, 0) is 16.0 Å². The summed E-state index contributed by atoms with van der Waals surface area (Å²) in [4.78, 5) is 27.1. The molecule has 5 nitrogen and oxygen atoms in total. The van der Waals surface area contributed by atoms with Crippen LogP contribution in [0.1, 0.15) is 42.2 Å². The van der Waals surface area contributed by atoms with E-state index in [9.17, 15) is 9.59 Å². The lowest BCUT2D eigenvalue weighted by Gasteiger charge is -2.24. The molecule has 2 aromatic rings. The zero-order valence-electron chi connectivity index (χ0n) is 14.3. The Balaban J connectivity index is 1.45. The molecule has 0 unspecified atom stereocenters. The van der Waals surface area contributed by atoms with Gasteiger partial charge in [0.2, 0.25) is 11.8 Å². The highest BCUT2D eigenvalue weighted by Crippen LogP contribution is 2.32. The summed E-state index contributed by atoms with van der Waals surface area (Å²) in [5, 5.41) is 3.07. The molecule has 1 aromatic carbocycles. The molecule has 1 saturated heterocycles. The molecule has 0 radical (unpaired) electrons. The normalized spacial score (nSPS) is 22.8. The molecule has 130 valence electrons. The van der Waals surface area contributed by atoms with Gasteiger partial charge >= 0.3 is 0 Å². The number of furan rings is 1. The van der Waals surface area contributed by atoms with Crippen LogP contribution >= 0.6 is 0 Å². The van der Waals surface area contributed by atoms with Crippen LogP contribution in [0.15, 0.2) is 41.0 Å². The van der Waals surface area contributed by atoms with Crippen molar-refractivity contribution in [1.29, 1.82) is 0 Å². The predicted molar refractivity (Wildman–Crippen MR) is 94.2 cm³/mol. The van der Waals surface area contributed by atoms with E-state index in [0.717, 1.165) is 41.8 Å². The molecule has 1 aromatic heterocycles. The summed E-state index contributed by atoms with van der Waals surface area (Å²) in [6.45, 7) is 2.60. The first-order valence-corrected chi connectivity index (χ1v) is 8.88. The van der Waals surface area contributed by atoms with Gasteiger partial charge in [-0.25, -0.2) is 0 Å². The Kier molecular flexibility index (Phi) is 4.07. The Hall–Kier alpha value is -2.56. The fourth-order valence-corrected chi connectivity index (χ4v) is 3.81. The summed E-state index contributed by atoms with van der Waals surface area (Å²) in [6, 6.07) is 9.72. The van der Waals surface area contributed by atoms with Crippen molar-refractivity contribution in [3.63, 3.8) is 0 Å².